The number of pyridine rings is 1. The summed E-state index contributed by atoms with van der Waals surface area (Å²) >= 11 is 0. The Kier molecular flexibility index (Phi) is 6.52. The van der Waals surface area contributed by atoms with Crippen LogP contribution < -0.4 is 4.57 Å². The highest BCUT2D eigenvalue weighted by molar-refractivity contribution is 7.85. The number of rotatable bonds is 3. The maximum atomic E-state index is 10.4. The molecule has 2 aromatic carbocycles. The Labute approximate surface area is 161 Å². The molecule has 0 aliphatic rings. The van der Waals surface area contributed by atoms with Gasteiger partial charge in [0.05, 0.1) is 4.90 Å². The fourth-order valence-corrected chi connectivity index (χ4v) is 3.04. The minimum absolute atomic E-state index is 0.00500. The van der Waals surface area contributed by atoms with E-state index in [1.165, 1.54) is 23.3 Å². The standard InChI is InChI=1S/C15H18N.C7H8O3S/c1-13-9-11-16(12-10-13)15(2,3)14-7-5-4-6-8-14;1-6-2-4-7(5-3-6)11(8,9)10/h4-12H,1-3H3;2-5H,1H3,(H,8,9,10)/q+1;/p-1. The van der Waals surface area contributed by atoms with Gasteiger partial charge in [-0.1, -0.05) is 48.0 Å². The molecule has 142 valence electrons. The first-order valence-corrected chi connectivity index (χ1v) is 10.1. The summed E-state index contributed by atoms with van der Waals surface area (Å²) < 4.78 is 33.4. The summed E-state index contributed by atoms with van der Waals surface area (Å²) in [5.74, 6) is 0. The molecule has 0 aliphatic carbocycles. The van der Waals surface area contributed by atoms with Gasteiger partial charge in [-0.05, 0) is 31.5 Å². The van der Waals surface area contributed by atoms with E-state index in [1.54, 1.807) is 12.1 Å². The van der Waals surface area contributed by atoms with Gasteiger partial charge in [0.1, 0.15) is 10.1 Å². The molecule has 0 N–H and O–H groups in total. The molecule has 0 bridgehead atoms. The van der Waals surface area contributed by atoms with Gasteiger partial charge in [-0.3, -0.25) is 0 Å². The van der Waals surface area contributed by atoms with Crippen molar-refractivity contribution < 1.29 is 17.5 Å². The molecule has 3 aromatic rings. The minimum Gasteiger partial charge on any atom is -0.744 e. The molecule has 1 heterocycles. The van der Waals surface area contributed by atoms with Crippen molar-refractivity contribution in [1.29, 1.82) is 0 Å². The van der Waals surface area contributed by atoms with Crippen molar-refractivity contribution in [2.75, 3.05) is 0 Å². The van der Waals surface area contributed by atoms with Crippen LogP contribution in [0.15, 0.2) is 84.0 Å². The molecule has 0 radical (unpaired) electrons. The van der Waals surface area contributed by atoms with Crippen LogP contribution in [0.1, 0.15) is 30.5 Å². The number of benzene rings is 2. The molecule has 0 saturated heterocycles. The van der Waals surface area contributed by atoms with E-state index in [9.17, 15) is 13.0 Å². The van der Waals surface area contributed by atoms with Crippen molar-refractivity contribution in [3.05, 3.63) is 95.8 Å². The Morgan fingerprint density at radius 1 is 0.778 bits per heavy atom. The van der Waals surface area contributed by atoms with Crippen molar-refractivity contribution >= 4 is 10.1 Å². The summed E-state index contributed by atoms with van der Waals surface area (Å²) in [6, 6.07) is 20.6. The molecule has 5 heteroatoms. The van der Waals surface area contributed by atoms with Gasteiger partial charge in [0.25, 0.3) is 0 Å². The third-order valence-corrected chi connectivity index (χ3v) is 5.28. The quantitative estimate of drug-likeness (QED) is 0.508. The largest absolute Gasteiger partial charge is 0.744 e. The third kappa shape index (κ3) is 5.74. The summed E-state index contributed by atoms with van der Waals surface area (Å²) in [4.78, 5) is -0.178. The summed E-state index contributed by atoms with van der Waals surface area (Å²) in [6.07, 6.45) is 4.28. The molecule has 0 saturated carbocycles. The highest BCUT2D eigenvalue weighted by Crippen LogP contribution is 2.18. The smallest absolute Gasteiger partial charge is 0.187 e. The molecule has 0 aliphatic heterocycles. The average molecular weight is 384 g/mol. The van der Waals surface area contributed by atoms with Gasteiger partial charge in [-0.15, -0.1) is 0 Å². The van der Waals surface area contributed by atoms with E-state index in [0.29, 0.717) is 0 Å². The first kappa shape index (κ1) is 20.8. The molecule has 27 heavy (non-hydrogen) atoms. The number of hydrogen-bond acceptors (Lipinski definition) is 3. The Bertz CT molecular complexity index is 962. The fourth-order valence-electron chi connectivity index (χ4n) is 2.57. The predicted molar refractivity (Wildman–Crippen MR) is 105 cm³/mol. The Hall–Kier alpha value is -2.50. The molecule has 0 fully saturated rings. The lowest BCUT2D eigenvalue weighted by Crippen LogP contribution is -2.52. The van der Waals surface area contributed by atoms with Crippen LogP contribution in [-0.2, 0) is 15.7 Å². The van der Waals surface area contributed by atoms with Gasteiger partial charge in [-0.2, -0.15) is 4.57 Å². The zero-order valence-corrected chi connectivity index (χ0v) is 16.9. The van der Waals surface area contributed by atoms with E-state index in [4.69, 9.17) is 0 Å². The van der Waals surface area contributed by atoms with Crippen LogP contribution in [0.3, 0.4) is 0 Å². The number of nitrogens with zero attached hydrogens (tertiary/aromatic N) is 1. The topological polar surface area (TPSA) is 61.1 Å². The minimum atomic E-state index is -4.27. The lowest BCUT2D eigenvalue weighted by Gasteiger charge is -2.19. The van der Waals surface area contributed by atoms with Gasteiger partial charge in [0.15, 0.2) is 17.9 Å². The monoisotopic (exact) mass is 383 g/mol. The normalized spacial score (nSPS) is 11.4. The van der Waals surface area contributed by atoms with Gasteiger partial charge >= 0.3 is 0 Å². The molecule has 0 amide bonds. The summed E-state index contributed by atoms with van der Waals surface area (Å²) in [6.45, 7) is 8.40. The first-order chi connectivity index (χ1) is 12.6. The van der Waals surface area contributed by atoms with Gasteiger partial charge in [0.2, 0.25) is 0 Å². The third-order valence-electron chi connectivity index (χ3n) is 4.43. The maximum Gasteiger partial charge on any atom is 0.187 e. The molecular weight excluding hydrogens is 358 g/mol. The fraction of sp³-hybridized carbons (Fsp3) is 0.227. The van der Waals surface area contributed by atoms with Gasteiger partial charge in [0, 0.05) is 31.5 Å². The van der Waals surface area contributed by atoms with E-state index < -0.39 is 10.1 Å². The van der Waals surface area contributed by atoms with E-state index in [0.717, 1.165) is 5.56 Å². The lowest BCUT2D eigenvalue weighted by molar-refractivity contribution is -0.747. The zero-order valence-electron chi connectivity index (χ0n) is 16.1. The summed E-state index contributed by atoms with van der Waals surface area (Å²) in [7, 11) is -4.27. The maximum absolute atomic E-state index is 10.4. The van der Waals surface area contributed by atoms with E-state index >= 15 is 0 Å². The number of hydrogen-bond donors (Lipinski definition) is 0. The Morgan fingerprint density at radius 3 is 1.74 bits per heavy atom. The molecule has 0 atom stereocenters. The molecular formula is C22H25NO3S. The van der Waals surface area contributed by atoms with E-state index in [-0.39, 0.29) is 10.4 Å². The summed E-state index contributed by atoms with van der Waals surface area (Å²) in [5, 5.41) is 0. The van der Waals surface area contributed by atoms with Crippen LogP contribution in [0, 0.1) is 13.8 Å². The van der Waals surface area contributed by atoms with Crippen LogP contribution in [0.4, 0.5) is 0 Å². The van der Waals surface area contributed by atoms with Crippen molar-refractivity contribution in [2.24, 2.45) is 0 Å². The van der Waals surface area contributed by atoms with E-state index in [2.05, 4.69) is 80.2 Å². The second kappa shape index (κ2) is 8.46. The molecule has 0 spiro atoms. The van der Waals surface area contributed by atoms with Crippen molar-refractivity contribution in [3.63, 3.8) is 0 Å². The average Bonchev–Trinajstić information content (AvgIpc) is 2.63. The second-order valence-electron chi connectivity index (χ2n) is 6.97. The lowest BCUT2D eigenvalue weighted by atomic mass is 9.94. The van der Waals surface area contributed by atoms with E-state index in [1.807, 2.05) is 6.92 Å². The molecule has 1 aromatic heterocycles. The Morgan fingerprint density at radius 2 is 1.26 bits per heavy atom. The van der Waals surface area contributed by atoms with Crippen LogP contribution >= 0.6 is 0 Å². The molecule has 0 unspecified atom stereocenters. The van der Waals surface area contributed by atoms with Crippen LogP contribution in [0.2, 0.25) is 0 Å². The van der Waals surface area contributed by atoms with Crippen LogP contribution in [-0.4, -0.2) is 13.0 Å². The van der Waals surface area contributed by atoms with Crippen LogP contribution in [0.5, 0.6) is 0 Å². The van der Waals surface area contributed by atoms with Crippen LogP contribution in [0.25, 0.3) is 0 Å². The SMILES string of the molecule is Cc1cc[n+](C(C)(C)c2ccccc2)cc1.Cc1ccc(S(=O)(=O)[O-])cc1. The highest BCUT2D eigenvalue weighted by Gasteiger charge is 2.29. The van der Waals surface area contributed by atoms with Gasteiger partial charge in [-0.25, -0.2) is 8.42 Å². The van der Waals surface area contributed by atoms with Crippen molar-refractivity contribution in [1.82, 2.24) is 0 Å². The number of aryl methyl sites for hydroxylation is 2. The zero-order chi connectivity index (χ0) is 20.1. The predicted octanol–water partition coefficient (Wildman–Crippen LogP) is 3.97. The summed E-state index contributed by atoms with van der Waals surface area (Å²) in [5.41, 5.74) is 3.54. The van der Waals surface area contributed by atoms with Crippen molar-refractivity contribution in [2.45, 2.75) is 38.1 Å². The highest BCUT2D eigenvalue weighted by atomic mass is 32.2. The first-order valence-electron chi connectivity index (χ1n) is 8.67. The molecule has 3 rings (SSSR count). The second-order valence-corrected chi connectivity index (χ2v) is 8.35. The molecule has 4 nitrogen and oxygen atoms in total. The van der Waals surface area contributed by atoms with Gasteiger partial charge < -0.3 is 4.55 Å². The van der Waals surface area contributed by atoms with Crippen molar-refractivity contribution in [3.8, 4) is 0 Å². The number of aromatic nitrogens is 1. The Balaban J connectivity index is 0.000000208.